The van der Waals surface area contributed by atoms with Gasteiger partial charge in [-0.1, -0.05) is 0 Å². The molecule has 6 nitrogen and oxygen atoms in total. The molecule has 2 aromatic heterocycles. The average molecular weight is 317 g/mol. The highest BCUT2D eigenvalue weighted by Crippen LogP contribution is 2.16. The van der Waals surface area contributed by atoms with Crippen LogP contribution in [-0.2, 0) is 11.2 Å². The van der Waals surface area contributed by atoms with E-state index >= 15 is 0 Å². The number of pyridine rings is 1. The Morgan fingerprint density at radius 3 is 2.59 bits per heavy atom. The first-order valence-electron chi connectivity index (χ1n) is 7.35. The maximum atomic E-state index is 12.3. The van der Waals surface area contributed by atoms with E-state index in [9.17, 15) is 4.79 Å². The zero-order valence-electron chi connectivity index (χ0n) is 12.3. The van der Waals surface area contributed by atoms with E-state index in [1.54, 1.807) is 12.4 Å². The van der Waals surface area contributed by atoms with E-state index in [4.69, 9.17) is 5.73 Å². The van der Waals surface area contributed by atoms with Gasteiger partial charge in [0.15, 0.2) is 5.13 Å². The van der Waals surface area contributed by atoms with Gasteiger partial charge < -0.3 is 15.5 Å². The van der Waals surface area contributed by atoms with Crippen molar-refractivity contribution in [1.29, 1.82) is 0 Å². The summed E-state index contributed by atoms with van der Waals surface area (Å²) in [6.07, 6.45) is 4.76. The van der Waals surface area contributed by atoms with Crippen LogP contribution in [-0.4, -0.2) is 47.0 Å². The first kappa shape index (κ1) is 14.8. The largest absolute Gasteiger partial charge is 0.375 e. The number of piperazine rings is 1. The van der Waals surface area contributed by atoms with Crippen molar-refractivity contribution in [1.82, 2.24) is 14.9 Å². The van der Waals surface area contributed by atoms with E-state index in [1.165, 1.54) is 17.0 Å². The first-order chi connectivity index (χ1) is 10.7. The van der Waals surface area contributed by atoms with Crippen LogP contribution in [0.1, 0.15) is 12.1 Å². The fourth-order valence-electron chi connectivity index (χ4n) is 2.60. The van der Waals surface area contributed by atoms with Gasteiger partial charge in [0, 0.05) is 56.1 Å². The molecule has 0 bridgehead atoms. The van der Waals surface area contributed by atoms with Crippen LogP contribution in [0, 0.1) is 0 Å². The minimum Gasteiger partial charge on any atom is -0.375 e. The fourth-order valence-corrected chi connectivity index (χ4v) is 3.20. The third-order valence-corrected chi connectivity index (χ3v) is 4.55. The van der Waals surface area contributed by atoms with Gasteiger partial charge in [0.25, 0.3) is 0 Å². The fraction of sp³-hybridized carbons (Fsp3) is 0.400. The molecule has 3 heterocycles. The zero-order valence-corrected chi connectivity index (χ0v) is 13.1. The second kappa shape index (κ2) is 6.74. The quantitative estimate of drug-likeness (QED) is 0.922. The van der Waals surface area contributed by atoms with Crippen molar-refractivity contribution < 1.29 is 4.79 Å². The maximum absolute atomic E-state index is 12.3. The Kier molecular flexibility index (Phi) is 4.53. The number of carbonyl (C=O) groups is 1. The Balaban J connectivity index is 1.47. The van der Waals surface area contributed by atoms with E-state index in [0.717, 1.165) is 31.9 Å². The molecule has 0 spiro atoms. The minimum absolute atomic E-state index is 0.195. The summed E-state index contributed by atoms with van der Waals surface area (Å²) < 4.78 is 0. The number of thiazole rings is 1. The van der Waals surface area contributed by atoms with Crippen LogP contribution >= 0.6 is 11.3 Å². The Bertz CT molecular complexity index is 622. The first-order valence-corrected chi connectivity index (χ1v) is 8.23. The SMILES string of the molecule is Nc1nc(CCC(=O)N2CCN(c3ccncc3)CC2)cs1. The summed E-state index contributed by atoms with van der Waals surface area (Å²) in [5.74, 6) is 0.195. The van der Waals surface area contributed by atoms with Gasteiger partial charge in [-0.25, -0.2) is 4.98 Å². The van der Waals surface area contributed by atoms with Crippen LogP contribution in [0.4, 0.5) is 10.8 Å². The molecule has 0 aromatic carbocycles. The Morgan fingerprint density at radius 1 is 1.23 bits per heavy atom. The lowest BCUT2D eigenvalue weighted by molar-refractivity contribution is -0.131. The third kappa shape index (κ3) is 3.54. The summed E-state index contributed by atoms with van der Waals surface area (Å²) in [5, 5.41) is 2.48. The molecular weight excluding hydrogens is 298 g/mol. The van der Waals surface area contributed by atoms with Crippen LogP contribution < -0.4 is 10.6 Å². The highest BCUT2D eigenvalue weighted by atomic mass is 32.1. The Labute approximate surface area is 133 Å². The van der Waals surface area contributed by atoms with Gasteiger partial charge in [-0.2, -0.15) is 0 Å². The van der Waals surface area contributed by atoms with Gasteiger partial charge in [0.1, 0.15) is 0 Å². The number of hydrogen-bond donors (Lipinski definition) is 1. The molecule has 1 aliphatic rings. The molecule has 0 aliphatic carbocycles. The topological polar surface area (TPSA) is 75.3 Å². The number of aryl methyl sites for hydroxylation is 1. The number of rotatable bonds is 4. The molecule has 3 rings (SSSR count). The highest BCUT2D eigenvalue weighted by Gasteiger charge is 2.21. The molecule has 2 N–H and O–H groups in total. The number of anilines is 2. The summed E-state index contributed by atoms with van der Waals surface area (Å²) in [5.41, 5.74) is 7.68. The number of nitrogens with zero attached hydrogens (tertiary/aromatic N) is 4. The number of carbonyl (C=O) groups excluding carboxylic acids is 1. The lowest BCUT2D eigenvalue weighted by Crippen LogP contribution is -2.48. The minimum atomic E-state index is 0.195. The standard InChI is InChI=1S/C15H19N5OS/c16-15-18-12(11-22-15)1-2-14(21)20-9-7-19(8-10-20)13-3-5-17-6-4-13/h3-6,11H,1-2,7-10H2,(H2,16,18). The van der Waals surface area contributed by atoms with Crippen LogP contribution in [0.15, 0.2) is 29.9 Å². The molecule has 1 aliphatic heterocycles. The third-order valence-electron chi connectivity index (χ3n) is 3.82. The second-order valence-corrected chi connectivity index (χ2v) is 6.14. The summed E-state index contributed by atoms with van der Waals surface area (Å²) in [6, 6.07) is 4.01. The van der Waals surface area contributed by atoms with Gasteiger partial charge in [-0.3, -0.25) is 9.78 Å². The number of nitrogen functional groups attached to an aromatic ring is 1. The van der Waals surface area contributed by atoms with Crippen LogP contribution in [0.3, 0.4) is 0 Å². The second-order valence-electron chi connectivity index (χ2n) is 5.25. The summed E-state index contributed by atoms with van der Waals surface area (Å²) in [7, 11) is 0. The van der Waals surface area contributed by atoms with E-state index in [2.05, 4.69) is 14.9 Å². The molecule has 0 atom stereocenters. The summed E-state index contributed by atoms with van der Waals surface area (Å²) in [6.45, 7) is 3.25. The average Bonchev–Trinajstić information content (AvgIpc) is 2.99. The molecule has 1 fully saturated rings. The predicted octanol–water partition coefficient (Wildman–Crippen LogP) is 1.40. The molecule has 116 valence electrons. The lowest BCUT2D eigenvalue weighted by Gasteiger charge is -2.36. The molecule has 7 heteroatoms. The molecule has 0 unspecified atom stereocenters. The molecule has 0 saturated carbocycles. The van der Waals surface area contributed by atoms with Crippen molar-refractivity contribution in [2.75, 3.05) is 36.8 Å². The van der Waals surface area contributed by atoms with Crippen molar-refractivity contribution >= 4 is 28.1 Å². The number of aromatic nitrogens is 2. The maximum Gasteiger partial charge on any atom is 0.223 e. The van der Waals surface area contributed by atoms with E-state index in [1.807, 2.05) is 22.4 Å². The smallest absolute Gasteiger partial charge is 0.223 e. The molecule has 1 saturated heterocycles. The van der Waals surface area contributed by atoms with E-state index < -0.39 is 0 Å². The normalized spacial score (nSPS) is 15.1. The number of nitrogens with two attached hydrogens (primary N) is 1. The Hall–Kier alpha value is -2.15. The van der Waals surface area contributed by atoms with Crippen LogP contribution in [0.25, 0.3) is 0 Å². The Morgan fingerprint density at radius 2 is 1.95 bits per heavy atom. The van der Waals surface area contributed by atoms with Gasteiger partial charge in [0.05, 0.1) is 5.69 Å². The zero-order chi connectivity index (χ0) is 15.4. The number of amides is 1. The molecule has 22 heavy (non-hydrogen) atoms. The van der Waals surface area contributed by atoms with Crippen LogP contribution in [0.2, 0.25) is 0 Å². The van der Waals surface area contributed by atoms with Crippen molar-refractivity contribution in [2.45, 2.75) is 12.8 Å². The van der Waals surface area contributed by atoms with Crippen molar-refractivity contribution in [3.05, 3.63) is 35.6 Å². The predicted molar refractivity (Wildman–Crippen MR) is 87.9 cm³/mol. The van der Waals surface area contributed by atoms with Crippen molar-refractivity contribution in [2.24, 2.45) is 0 Å². The van der Waals surface area contributed by atoms with Crippen LogP contribution in [0.5, 0.6) is 0 Å². The molecule has 2 aromatic rings. The van der Waals surface area contributed by atoms with Gasteiger partial charge in [-0.05, 0) is 18.6 Å². The number of hydrogen-bond acceptors (Lipinski definition) is 6. The van der Waals surface area contributed by atoms with Gasteiger partial charge >= 0.3 is 0 Å². The van der Waals surface area contributed by atoms with Crippen molar-refractivity contribution in [3.8, 4) is 0 Å². The van der Waals surface area contributed by atoms with Gasteiger partial charge in [0.2, 0.25) is 5.91 Å². The highest BCUT2D eigenvalue weighted by molar-refractivity contribution is 7.13. The summed E-state index contributed by atoms with van der Waals surface area (Å²) >= 11 is 1.42. The monoisotopic (exact) mass is 317 g/mol. The lowest BCUT2D eigenvalue weighted by atomic mass is 10.2. The molecular formula is C15H19N5OS. The van der Waals surface area contributed by atoms with E-state index in [0.29, 0.717) is 18.0 Å². The van der Waals surface area contributed by atoms with E-state index in [-0.39, 0.29) is 5.91 Å². The van der Waals surface area contributed by atoms with Gasteiger partial charge in [-0.15, -0.1) is 11.3 Å². The van der Waals surface area contributed by atoms with Crippen molar-refractivity contribution in [3.63, 3.8) is 0 Å². The molecule has 1 amide bonds. The molecule has 0 radical (unpaired) electrons. The summed E-state index contributed by atoms with van der Waals surface area (Å²) in [4.78, 5) is 24.7.